The SMILES string of the molecule is C.CC(=O)CCC(C(=O)O)C(C)C.CCC(C(=O)O)C(C)C.CCCCCC(C(=O)O)C(C)C. The van der Waals surface area contributed by atoms with Gasteiger partial charge in [-0.3, -0.25) is 14.4 Å². The normalized spacial score (nSPS) is 12.9. The van der Waals surface area contributed by atoms with E-state index in [1.54, 1.807) is 0 Å². The Labute approximate surface area is 208 Å². The molecule has 0 saturated heterocycles. The van der Waals surface area contributed by atoms with Crippen LogP contribution >= 0.6 is 0 Å². The van der Waals surface area contributed by atoms with Gasteiger partial charge in [0, 0.05) is 6.42 Å². The number of hydrogen-bond donors (Lipinski definition) is 3. The van der Waals surface area contributed by atoms with Crippen LogP contribution in [0.5, 0.6) is 0 Å². The molecule has 0 aromatic heterocycles. The van der Waals surface area contributed by atoms with E-state index in [1.807, 2.05) is 48.5 Å². The highest BCUT2D eigenvalue weighted by Gasteiger charge is 2.21. The summed E-state index contributed by atoms with van der Waals surface area (Å²) in [5.41, 5.74) is 0. The van der Waals surface area contributed by atoms with E-state index in [0.717, 1.165) is 32.1 Å². The van der Waals surface area contributed by atoms with Crippen LogP contribution in [0, 0.1) is 35.5 Å². The van der Waals surface area contributed by atoms with E-state index >= 15 is 0 Å². The summed E-state index contributed by atoms with van der Waals surface area (Å²) < 4.78 is 0. The first kappa shape index (κ1) is 39.3. The standard InChI is InChI=1S/C10H20O2.C9H16O3.C7H14O2.CH4/c1-4-5-6-7-9(8(2)3)10(11)12;1-6(2)8(9(11)12)5-4-7(3)10;1-4-6(5(2)3)7(8)9;/h8-9H,4-7H2,1-3H3,(H,11,12);6,8H,4-5H2,1-3H3,(H,11,12);5-6H,4H2,1-3H3,(H,8,9);1H4. The van der Waals surface area contributed by atoms with Gasteiger partial charge >= 0.3 is 17.9 Å². The number of Topliss-reactive ketones (excluding diaryl/α,β-unsaturated/α-hetero) is 1. The Bertz CT molecular complexity index is 553. The molecule has 34 heavy (non-hydrogen) atoms. The van der Waals surface area contributed by atoms with Crippen molar-refractivity contribution in [2.45, 2.75) is 115 Å². The lowest BCUT2D eigenvalue weighted by molar-refractivity contribution is -0.144. The Morgan fingerprint density at radius 1 is 0.618 bits per heavy atom. The highest BCUT2D eigenvalue weighted by atomic mass is 16.4. The highest BCUT2D eigenvalue weighted by Crippen LogP contribution is 2.19. The van der Waals surface area contributed by atoms with Crippen molar-refractivity contribution in [2.75, 3.05) is 0 Å². The summed E-state index contributed by atoms with van der Waals surface area (Å²) in [6.07, 6.45) is 5.75. The molecule has 204 valence electrons. The predicted octanol–water partition coefficient (Wildman–Crippen LogP) is 7.03. The maximum Gasteiger partial charge on any atom is 0.306 e. The molecule has 0 fully saturated rings. The summed E-state index contributed by atoms with van der Waals surface area (Å²) >= 11 is 0. The van der Waals surface area contributed by atoms with E-state index in [4.69, 9.17) is 15.3 Å². The van der Waals surface area contributed by atoms with Crippen molar-refractivity contribution in [2.24, 2.45) is 35.5 Å². The quantitative estimate of drug-likeness (QED) is 0.223. The molecule has 0 radical (unpaired) electrons. The van der Waals surface area contributed by atoms with Crippen molar-refractivity contribution < 1.29 is 34.5 Å². The van der Waals surface area contributed by atoms with Crippen molar-refractivity contribution in [3.05, 3.63) is 0 Å². The zero-order valence-electron chi connectivity index (χ0n) is 22.4. The molecule has 0 bridgehead atoms. The molecule has 0 aromatic rings. The zero-order chi connectivity index (χ0) is 26.7. The first-order valence-electron chi connectivity index (χ1n) is 12.3. The van der Waals surface area contributed by atoms with Crippen LogP contribution in [0.1, 0.15) is 115 Å². The molecule has 0 saturated carbocycles. The minimum absolute atomic E-state index is 0. The Morgan fingerprint density at radius 2 is 0.971 bits per heavy atom. The van der Waals surface area contributed by atoms with Gasteiger partial charge in [-0.25, -0.2) is 0 Å². The Kier molecular flexibility index (Phi) is 26.4. The Hall–Kier alpha value is -1.92. The maximum atomic E-state index is 10.7. The van der Waals surface area contributed by atoms with Gasteiger partial charge in [-0.15, -0.1) is 0 Å². The van der Waals surface area contributed by atoms with Crippen molar-refractivity contribution in [3.8, 4) is 0 Å². The van der Waals surface area contributed by atoms with Gasteiger partial charge in [-0.1, -0.05) is 82.1 Å². The summed E-state index contributed by atoms with van der Waals surface area (Å²) in [6.45, 7) is 17.1. The third kappa shape index (κ3) is 21.9. The summed E-state index contributed by atoms with van der Waals surface area (Å²) in [5.74, 6) is -2.12. The number of carbonyl (C=O) groups is 4. The van der Waals surface area contributed by atoms with Gasteiger partial charge in [0.25, 0.3) is 0 Å². The summed E-state index contributed by atoms with van der Waals surface area (Å²) in [6, 6.07) is 0. The van der Waals surface area contributed by atoms with Gasteiger partial charge in [0.2, 0.25) is 0 Å². The second kappa shape index (κ2) is 22.9. The maximum absolute atomic E-state index is 10.7. The monoisotopic (exact) mass is 490 g/mol. The third-order valence-corrected chi connectivity index (χ3v) is 5.73. The molecule has 0 aliphatic carbocycles. The molecule has 0 amide bonds. The van der Waals surface area contributed by atoms with Crippen LogP contribution in [0.15, 0.2) is 0 Å². The number of rotatable bonds is 14. The Balaban J connectivity index is -0.000000198. The van der Waals surface area contributed by atoms with Crippen molar-refractivity contribution >= 4 is 23.7 Å². The molecule has 0 aliphatic rings. The van der Waals surface area contributed by atoms with E-state index in [2.05, 4.69) is 6.92 Å². The second-order valence-electron chi connectivity index (χ2n) is 9.71. The first-order chi connectivity index (χ1) is 15.1. The van der Waals surface area contributed by atoms with E-state index < -0.39 is 17.9 Å². The summed E-state index contributed by atoms with van der Waals surface area (Å²) in [4.78, 5) is 42.3. The second-order valence-corrected chi connectivity index (χ2v) is 9.71. The van der Waals surface area contributed by atoms with Gasteiger partial charge in [-0.2, -0.15) is 0 Å². The number of carbonyl (C=O) groups excluding carboxylic acids is 1. The number of unbranched alkanes of at least 4 members (excludes halogenated alkanes) is 2. The van der Waals surface area contributed by atoms with Crippen molar-refractivity contribution in [3.63, 3.8) is 0 Å². The van der Waals surface area contributed by atoms with Crippen LogP contribution in [-0.2, 0) is 19.2 Å². The van der Waals surface area contributed by atoms with Crippen molar-refractivity contribution in [1.29, 1.82) is 0 Å². The molecule has 0 spiro atoms. The molecular formula is C27H54O7. The molecular weight excluding hydrogens is 436 g/mol. The smallest absolute Gasteiger partial charge is 0.306 e. The number of hydrogen-bond acceptors (Lipinski definition) is 4. The van der Waals surface area contributed by atoms with Crippen LogP contribution in [-0.4, -0.2) is 39.0 Å². The van der Waals surface area contributed by atoms with E-state index in [-0.39, 0.29) is 48.7 Å². The van der Waals surface area contributed by atoms with E-state index in [9.17, 15) is 19.2 Å². The average Bonchev–Trinajstić information content (AvgIpc) is 2.64. The molecule has 7 heteroatoms. The fourth-order valence-corrected chi connectivity index (χ4v) is 3.39. The molecule has 3 unspecified atom stereocenters. The lowest BCUT2D eigenvalue weighted by Gasteiger charge is -2.15. The number of carboxylic acids is 3. The van der Waals surface area contributed by atoms with Gasteiger partial charge in [0.15, 0.2) is 0 Å². The fraction of sp³-hybridized carbons (Fsp3) is 0.852. The van der Waals surface area contributed by atoms with Gasteiger partial charge in [-0.05, 0) is 43.9 Å². The van der Waals surface area contributed by atoms with Gasteiger partial charge < -0.3 is 20.1 Å². The average molecular weight is 491 g/mol. The Morgan fingerprint density at radius 3 is 1.18 bits per heavy atom. The van der Waals surface area contributed by atoms with Crippen LogP contribution < -0.4 is 0 Å². The van der Waals surface area contributed by atoms with Crippen LogP contribution in [0.2, 0.25) is 0 Å². The highest BCUT2D eigenvalue weighted by molar-refractivity contribution is 5.77. The van der Waals surface area contributed by atoms with Crippen LogP contribution in [0.25, 0.3) is 0 Å². The van der Waals surface area contributed by atoms with Crippen LogP contribution in [0.3, 0.4) is 0 Å². The lowest BCUT2D eigenvalue weighted by atomic mass is 9.90. The molecule has 0 heterocycles. The molecule has 7 nitrogen and oxygen atoms in total. The van der Waals surface area contributed by atoms with E-state index in [0.29, 0.717) is 12.8 Å². The minimum atomic E-state index is -0.800. The molecule has 0 aliphatic heterocycles. The van der Waals surface area contributed by atoms with Gasteiger partial charge in [0.1, 0.15) is 5.78 Å². The van der Waals surface area contributed by atoms with Crippen LogP contribution in [0.4, 0.5) is 0 Å². The van der Waals surface area contributed by atoms with Crippen molar-refractivity contribution in [1.82, 2.24) is 0 Å². The fourth-order valence-electron chi connectivity index (χ4n) is 3.39. The number of ketones is 1. The largest absolute Gasteiger partial charge is 0.481 e. The predicted molar refractivity (Wildman–Crippen MR) is 139 cm³/mol. The van der Waals surface area contributed by atoms with E-state index in [1.165, 1.54) is 6.92 Å². The van der Waals surface area contributed by atoms with Gasteiger partial charge in [0.05, 0.1) is 17.8 Å². The lowest BCUT2D eigenvalue weighted by Crippen LogP contribution is -2.20. The topological polar surface area (TPSA) is 129 Å². The zero-order valence-corrected chi connectivity index (χ0v) is 22.4. The minimum Gasteiger partial charge on any atom is -0.481 e. The first-order valence-corrected chi connectivity index (χ1v) is 12.3. The molecule has 3 atom stereocenters. The number of aliphatic carboxylic acids is 3. The summed E-state index contributed by atoms with van der Waals surface area (Å²) in [5, 5.41) is 26.1. The third-order valence-electron chi connectivity index (χ3n) is 5.73. The number of carboxylic acid groups (broad SMARTS) is 3. The molecule has 3 N–H and O–H groups in total. The summed E-state index contributed by atoms with van der Waals surface area (Å²) in [7, 11) is 0. The molecule has 0 aromatic carbocycles. The molecule has 0 rings (SSSR count).